The molecule has 0 radical (unpaired) electrons. The van der Waals surface area contributed by atoms with Gasteiger partial charge in [-0.2, -0.15) is 18.3 Å². The molecule has 6 nitrogen and oxygen atoms in total. The second-order valence-corrected chi connectivity index (χ2v) is 10.5. The van der Waals surface area contributed by atoms with Crippen molar-refractivity contribution in [2.24, 2.45) is 0 Å². The van der Waals surface area contributed by atoms with Gasteiger partial charge in [0, 0.05) is 23.5 Å². The van der Waals surface area contributed by atoms with Crippen molar-refractivity contribution in [1.29, 1.82) is 0 Å². The predicted octanol–water partition coefficient (Wildman–Crippen LogP) is 5.84. The largest absolute Gasteiger partial charge is 0.416 e. The Labute approximate surface area is 218 Å². The van der Waals surface area contributed by atoms with E-state index < -0.39 is 35.1 Å². The van der Waals surface area contributed by atoms with Gasteiger partial charge < -0.3 is 4.90 Å². The number of carbonyl (C=O) groups excluding carboxylic acids is 2. The van der Waals surface area contributed by atoms with E-state index in [1.807, 2.05) is 4.90 Å². The minimum absolute atomic E-state index is 0.00619. The van der Waals surface area contributed by atoms with Crippen LogP contribution in [-0.2, 0) is 17.5 Å². The van der Waals surface area contributed by atoms with Gasteiger partial charge in [-0.15, -0.1) is 0 Å². The summed E-state index contributed by atoms with van der Waals surface area (Å²) in [4.78, 5) is 28.6. The van der Waals surface area contributed by atoms with Crippen LogP contribution in [0.15, 0.2) is 47.5 Å². The Kier molecular flexibility index (Phi) is 6.80. The van der Waals surface area contributed by atoms with E-state index in [0.717, 1.165) is 22.7 Å². The summed E-state index contributed by atoms with van der Waals surface area (Å²) in [6, 6.07) is 7.95. The average molecular weight is 553 g/mol. The van der Waals surface area contributed by atoms with E-state index in [-0.39, 0.29) is 28.6 Å². The van der Waals surface area contributed by atoms with Crippen LogP contribution in [0.25, 0.3) is 17.0 Å². The van der Waals surface area contributed by atoms with Crippen molar-refractivity contribution < 1.29 is 27.2 Å². The van der Waals surface area contributed by atoms with Crippen LogP contribution in [0.2, 0.25) is 5.02 Å². The average Bonchev–Trinajstić information content (AvgIpc) is 3.34. The number of likely N-dealkylation sites (tertiary alicyclic amines) is 1. The number of halogens is 5. The number of piperidine rings is 1. The standard InChI is InChI=1S/C25H21ClF4N4O2S/c1-32-7-6-21(19(27)13-32)34-23(35)22(37-24(34)36)9-14-2-5-20-16(8-14)11-31-33(20)12-15-3-4-17(26)10-18(15)25(28,29)30/h2-5,8-11,19,21H,6-7,12-13H2,1H3/b22-9-/t19-,21?/m0/s1. The molecule has 0 aliphatic carbocycles. The molecular weight excluding hydrogens is 532 g/mol. The third-order valence-electron chi connectivity index (χ3n) is 6.53. The van der Waals surface area contributed by atoms with Crippen molar-refractivity contribution in [2.45, 2.75) is 31.4 Å². The summed E-state index contributed by atoms with van der Waals surface area (Å²) in [5.74, 6) is -0.523. The molecular formula is C25H21ClF4N4O2S. The van der Waals surface area contributed by atoms with Gasteiger partial charge in [-0.05, 0) is 66.7 Å². The zero-order chi connectivity index (χ0) is 26.5. The number of alkyl halides is 4. The maximum Gasteiger partial charge on any atom is 0.416 e. The lowest BCUT2D eigenvalue weighted by Crippen LogP contribution is -2.52. The van der Waals surface area contributed by atoms with Crippen LogP contribution < -0.4 is 0 Å². The van der Waals surface area contributed by atoms with E-state index in [1.54, 1.807) is 31.3 Å². The highest BCUT2D eigenvalue weighted by Gasteiger charge is 2.44. The Morgan fingerprint density at radius 3 is 2.70 bits per heavy atom. The molecule has 37 heavy (non-hydrogen) atoms. The Bertz CT molecular complexity index is 1420. The summed E-state index contributed by atoms with van der Waals surface area (Å²) in [7, 11) is 1.79. The fourth-order valence-corrected chi connectivity index (χ4v) is 5.74. The second kappa shape index (κ2) is 9.77. The summed E-state index contributed by atoms with van der Waals surface area (Å²) < 4.78 is 56.5. The van der Waals surface area contributed by atoms with Crippen molar-refractivity contribution in [1.82, 2.24) is 19.6 Å². The summed E-state index contributed by atoms with van der Waals surface area (Å²) in [5, 5.41) is 4.39. The second-order valence-electron chi connectivity index (χ2n) is 9.11. The van der Waals surface area contributed by atoms with Gasteiger partial charge in [0.05, 0.1) is 34.8 Å². The SMILES string of the molecule is CN1CCC(N2C(=O)S/C(=C\c3ccc4c(cnn4Cc4ccc(Cl)cc4C(F)(F)F)c3)C2=O)[C@@H](F)C1. The molecule has 194 valence electrons. The highest BCUT2D eigenvalue weighted by Crippen LogP contribution is 2.37. The van der Waals surface area contributed by atoms with Crippen LogP contribution in [-0.4, -0.2) is 63.1 Å². The van der Waals surface area contributed by atoms with Crippen molar-refractivity contribution in [3.05, 3.63) is 69.2 Å². The topological polar surface area (TPSA) is 58.4 Å². The third-order valence-corrected chi connectivity index (χ3v) is 7.65. The molecule has 1 unspecified atom stereocenters. The summed E-state index contributed by atoms with van der Waals surface area (Å²) in [6.07, 6.45) is -2.42. The van der Waals surface area contributed by atoms with E-state index in [1.165, 1.54) is 23.0 Å². The molecule has 2 aliphatic rings. The van der Waals surface area contributed by atoms with Gasteiger partial charge in [0.25, 0.3) is 11.1 Å². The molecule has 0 bridgehead atoms. The van der Waals surface area contributed by atoms with Crippen molar-refractivity contribution in [3.63, 3.8) is 0 Å². The number of thioether (sulfide) groups is 1. The fraction of sp³-hybridized carbons (Fsp3) is 0.320. The zero-order valence-electron chi connectivity index (χ0n) is 19.5. The van der Waals surface area contributed by atoms with Gasteiger partial charge in [0.15, 0.2) is 0 Å². The normalized spacial score (nSPS) is 22.5. The number of fused-ring (bicyclic) bond motifs is 1. The number of imide groups is 1. The predicted molar refractivity (Wildman–Crippen MR) is 134 cm³/mol. The molecule has 0 spiro atoms. The molecule has 0 N–H and O–H groups in total. The van der Waals surface area contributed by atoms with Crippen molar-refractivity contribution in [3.8, 4) is 0 Å². The Balaban J connectivity index is 1.39. The summed E-state index contributed by atoms with van der Waals surface area (Å²) in [5.41, 5.74) is 0.413. The maximum absolute atomic E-state index is 14.6. The minimum Gasteiger partial charge on any atom is -0.303 e. The quantitative estimate of drug-likeness (QED) is 0.301. The maximum atomic E-state index is 14.6. The number of amides is 2. The number of hydrogen-bond acceptors (Lipinski definition) is 5. The number of rotatable bonds is 4. The molecule has 0 saturated carbocycles. The van der Waals surface area contributed by atoms with Crippen LogP contribution in [0.3, 0.4) is 0 Å². The third kappa shape index (κ3) is 5.12. The lowest BCUT2D eigenvalue weighted by Gasteiger charge is -2.36. The van der Waals surface area contributed by atoms with E-state index >= 15 is 0 Å². The molecule has 2 atom stereocenters. The molecule has 2 aliphatic heterocycles. The first-order chi connectivity index (χ1) is 17.5. The summed E-state index contributed by atoms with van der Waals surface area (Å²) in [6.45, 7) is 0.633. The van der Waals surface area contributed by atoms with Crippen LogP contribution in [0.5, 0.6) is 0 Å². The number of hydrogen-bond donors (Lipinski definition) is 0. The van der Waals surface area contributed by atoms with Gasteiger partial charge in [-0.1, -0.05) is 23.7 Å². The van der Waals surface area contributed by atoms with Gasteiger partial charge in [0.1, 0.15) is 6.17 Å². The van der Waals surface area contributed by atoms with E-state index in [2.05, 4.69) is 5.10 Å². The highest BCUT2D eigenvalue weighted by atomic mass is 35.5. The van der Waals surface area contributed by atoms with Crippen LogP contribution in [0.1, 0.15) is 23.1 Å². The number of benzene rings is 2. The van der Waals surface area contributed by atoms with Crippen LogP contribution in [0.4, 0.5) is 22.4 Å². The molecule has 3 heterocycles. The number of aromatic nitrogens is 2. The van der Waals surface area contributed by atoms with E-state index in [0.29, 0.717) is 29.4 Å². The van der Waals surface area contributed by atoms with Gasteiger partial charge in [0.2, 0.25) is 0 Å². The summed E-state index contributed by atoms with van der Waals surface area (Å²) >= 11 is 6.54. The Morgan fingerprint density at radius 1 is 1.19 bits per heavy atom. The lowest BCUT2D eigenvalue weighted by atomic mass is 10.0. The van der Waals surface area contributed by atoms with Crippen LogP contribution >= 0.6 is 23.4 Å². The Morgan fingerprint density at radius 2 is 1.97 bits per heavy atom. The van der Waals surface area contributed by atoms with Crippen LogP contribution in [0, 0.1) is 0 Å². The lowest BCUT2D eigenvalue weighted by molar-refractivity contribution is -0.138. The first-order valence-corrected chi connectivity index (χ1v) is 12.6. The monoisotopic (exact) mass is 552 g/mol. The van der Waals surface area contributed by atoms with Crippen molar-refractivity contribution in [2.75, 3.05) is 20.1 Å². The molecule has 12 heteroatoms. The van der Waals surface area contributed by atoms with Crippen molar-refractivity contribution >= 4 is 51.5 Å². The fourth-order valence-electron chi connectivity index (χ4n) is 4.69. The number of nitrogens with zero attached hydrogens (tertiary/aromatic N) is 4. The molecule has 3 aromatic rings. The van der Waals surface area contributed by atoms with Gasteiger partial charge >= 0.3 is 6.18 Å². The van der Waals surface area contributed by atoms with E-state index in [9.17, 15) is 27.2 Å². The molecule has 2 fully saturated rings. The first kappa shape index (κ1) is 25.7. The number of carbonyl (C=O) groups is 2. The highest BCUT2D eigenvalue weighted by molar-refractivity contribution is 8.18. The van der Waals surface area contributed by atoms with E-state index in [4.69, 9.17) is 11.6 Å². The molecule has 2 saturated heterocycles. The van der Waals surface area contributed by atoms with Gasteiger partial charge in [-0.3, -0.25) is 19.2 Å². The molecule has 5 rings (SSSR count). The zero-order valence-corrected chi connectivity index (χ0v) is 21.1. The molecule has 1 aromatic heterocycles. The molecule has 2 aromatic carbocycles. The van der Waals surface area contributed by atoms with Gasteiger partial charge in [-0.25, -0.2) is 4.39 Å². The first-order valence-electron chi connectivity index (χ1n) is 11.4. The smallest absolute Gasteiger partial charge is 0.303 e. The minimum atomic E-state index is -4.56. The Hall–Kier alpha value is -2.89. The molecule has 2 amide bonds.